The summed E-state index contributed by atoms with van der Waals surface area (Å²) in [5.41, 5.74) is 1.26. The van der Waals surface area contributed by atoms with E-state index in [1.54, 1.807) is 14.2 Å². The Balaban J connectivity index is 0.00000220. The number of hydrogen-bond donors (Lipinski definition) is 1. The Morgan fingerprint density at radius 2 is 1.64 bits per heavy atom. The number of benzene rings is 1. The van der Waals surface area contributed by atoms with Crippen LogP contribution in [-0.2, 0) is 0 Å². The summed E-state index contributed by atoms with van der Waals surface area (Å²) in [6.07, 6.45) is 1.08. The molecule has 1 saturated heterocycles. The molecule has 2 rings (SSSR count). The predicted octanol–water partition coefficient (Wildman–Crippen LogP) is 3.67. The molecule has 7 heteroatoms. The first kappa shape index (κ1) is 21.8. The zero-order valence-electron chi connectivity index (χ0n) is 13.2. The summed E-state index contributed by atoms with van der Waals surface area (Å²) >= 11 is 3.53. The summed E-state index contributed by atoms with van der Waals surface area (Å²) in [4.78, 5) is 2.53. The molecule has 1 atom stereocenters. The van der Waals surface area contributed by atoms with Crippen LogP contribution in [0.1, 0.15) is 24.9 Å². The molecule has 1 aromatic rings. The Kier molecular flexibility index (Phi) is 10.5. The average molecular weight is 416 g/mol. The molecule has 1 aliphatic rings. The molecule has 0 aromatic heterocycles. The first-order chi connectivity index (χ1) is 9.71. The lowest BCUT2D eigenvalue weighted by molar-refractivity contribution is 0.169. The van der Waals surface area contributed by atoms with Crippen molar-refractivity contribution in [1.82, 2.24) is 10.2 Å². The minimum atomic E-state index is 0. The van der Waals surface area contributed by atoms with Crippen LogP contribution < -0.4 is 14.8 Å². The van der Waals surface area contributed by atoms with E-state index in [1.165, 1.54) is 5.56 Å². The van der Waals surface area contributed by atoms with Gasteiger partial charge in [0.15, 0.2) is 0 Å². The van der Waals surface area contributed by atoms with Crippen molar-refractivity contribution in [2.45, 2.75) is 19.4 Å². The van der Waals surface area contributed by atoms with Gasteiger partial charge in [-0.05, 0) is 40.0 Å². The first-order valence-corrected chi connectivity index (χ1v) is 7.86. The van der Waals surface area contributed by atoms with Crippen molar-refractivity contribution < 1.29 is 9.47 Å². The highest BCUT2D eigenvalue weighted by Gasteiger charge is 2.22. The van der Waals surface area contributed by atoms with Crippen LogP contribution in [-0.4, -0.2) is 45.3 Å². The molecule has 128 valence electrons. The van der Waals surface area contributed by atoms with E-state index < -0.39 is 0 Å². The summed E-state index contributed by atoms with van der Waals surface area (Å²) in [6, 6.07) is 4.64. The van der Waals surface area contributed by atoms with E-state index in [0.29, 0.717) is 6.04 Å². The van der Waals surface area contributed by atoms with Crippen molar-refractivity contribution in [2.75, 3.05) is 40.4 Å². The van der Waals surface area contributed by atoms with Crippen LogP contribution >= 0.6 is 40.7 Å². The van der Waals surface area contributed by atoms with Gasteiger partial charge < -0.3 is 14.8 Å². The highest BCUT2D eigenvalue weighted by Crippen LogP contribution is 2.39. The molecule has 1 N–H and O–H groups in total. The molecule has 0 aliphatic carbocycles. The highest BCUT2D eigenvalue weighted by atomic mass is 79.9. The van der Waals surface area contributed by atoms with Gasteiger partial charge in [0.2, 0.25) is 0 Å². The molecule has 0 unspecified atom stereocenters. The number of halogens is 3. The smallest absolute Gasteiger partial charge is 0.137 e. The Hall–Kier alpha value is -0.200. The summed E-state index contributed by atoms with van der Waals surface area (Å²) in [5, 5.41) is 3.40. The van der Waals surface area contributed by atoms with Crippen LogP contribution in [0.15, 0.2) is 16.6 Å². The molecule has 0 saturated carbocycles. The van der Waals surface area contributed by atoms with E-state index in [9.17, 15) is 0 Å². The second-order valence-electron chi connectivity index (χ2n) is 4.95. The maximum atomic E-state index is 5.45. The maximum absolute atomic E-state index is 5.45. The summed E-state index contributed by atoms with van der Waals surface area (Å²) in [6.45, 7) is 6.51. The molecular formula is C15H25BrCl2N2O2. The van der Waals surface area contributed by atoms with Crippen molar-refractivity contribution in [2.24, 2.45) is 0 Å². The van der Waals surface area contributed by atoms with Crippen LogP contribution in [0.2, 0.25) is 0 Å². The van der Waals surface area contributed by atoms with E-state index in [0.717, 1.165) is 48.6 Å². The van der Waals surface area contributed by atoms with Gasteiger partial charge in [0.25, 0.3) is 0 Å². The molecule has 1 fully saturated rings. The fourth-order valence-electron chi connectivity index (χ4n) is 2.78. The van der Waals surface area contributed by atoms with E-state index >= 15 is 0 Å². The number of piperazine rings is 1. The van der Waals surface area contributed by atoms with Gasteiger partial charge in [-0.1, -0.05) is 6.92 Å². The van der Waals surface area contributed by atoms with Crippen molar-refractivity contribution in [1.29, 1.82) is 0 Å². The zero-order chi connectivity index (χ0) is 14.5. The molecular weight excluding hydrogens is 391 g/mol. The van der Waals surface area contributed by atoms with Crippen LogP contribution in [0.25, 0.3) is 0 Å². The molecule has 22 heavy (non-hydrogen) atoms. The number of hydrogen-bond acceptors (Lipinski definition) is 4. The SMILES string of the molecule is CC[C@@H](c1cc(OC)c(Br)c(OC)c1)N1CCNCC1.Cl.Cl. The monoisotopic (exact) mass is 414 g/mol. The van der Waals surface area contributed by atoms with Gasteiger partial charge in [-0.15, -0.1) is 24.8 Å². The second-order valence-corrected chi connectivity index (χ2v) is 5.74. The van der Waals surface area contributed by atoms with Crippen molar-refractivity contribution in [3.05, 3.63) is 22.2 Å². The molecule has 0 spiro atoms. The van der Waals surface area contributed by atoms with Crippen LogP contribution in [0.4, 0.5) is 0 Å². The van der Waals surface area contributed by atoms with E-state index in [1.807, 2.05) is 0 Å². The van der Waals surface area contributed by atoms with Gasteiger partial charge in [-0.2, -0.15) is 0 Å². The molecule has 4 nitrogen and oxygen atoms in total. The summed E-state index contributed by atoms with van der Waals surface area (Å²) < 4.78 is 11.8. The largest absolute Gasteiger partial charge is 0.495 e. The zero-order valence-corrected chi connectivity index (χ0v) is 16.4. The summed E-state index contributed by atoms with van der Waals surface area (Å²) in [5.74, 6) is 1.65. The van der Waals surface area contributed by atoms with Crippen molar-refractivity contribution >= 4 is 40.7 Å². The lowest BCUT2D eigenvalue weighted by atomic mass is 10.0. The van der Waals surface area contributed by atoms with Gasteiger partial charge in [0.1, 0.15) is 16.0 Å². The standard InChI is InChI=1S/C15H23BrN2O2.2ClH/c1-4-12(18-7-5-17-6-8-18)11-9-13(19-2)15(16)14(10-11)20-3;;/h9-10,12,17H,4-8H2,1-3H3;2*1H/t12-;;/m0../s1. The lowest BCUT2D eigenvalue weighted by Gasteiger charge is -2.35. The lowest BCUT2D eigenvalue weighted by Crippen LogP contribution is -2.45. The third-order valence-corrected chi connectivity index (χ3v) is 4.61. The van der Waals surface area contributed by atoms with E-state index in [4.69, 9.17) is 9.47 Å². The fourth-order valence-corrected chi connectivity index (χ4v) is 3.33. The van der Waals surface area contributed by atoms with Crippen molar-refractivity contribution in [3.8, 4) is 11.5 Å². The minimum absolute atomic E-state index is 0. The molecule has 1 heterocycles. The predicted molar refractivity (Wildman–Crippen MR) is 99.2 cm³/mol. The number of rotatable bonds is 5. The maximum Gasteiger partial charge on any atom is 0.137 e. The van der Waals surface area contributed by atoms with Gasteiger partial charge in [-0.3, -0.25) is 4.90 Å². The quantitative estimate of drug-likeness (QED) is 0.795. The van der Waals surface area contributed by atoms with Gasteiger partial charge in [0.05, 0.1) is 14.2 Å². The van der Waals surface area contributed by atoms with Crippen LogP contribution in [0.3, 0.4) is 0 Å². The van der Waals surface area contributed by atoms with Gasteiger partial charge >= 0.3 is 0 Å². The van der Waals surface area contributed by atoms with Gasteiger partial charge in [0, 0.05) is 32.2 Å². The molecule has 0 amide bonds. The highest BCUT2D eigenvalue weighted by molar-refractivity contribution is 9.10. The van der Waals surface area contributed by atoms with Gasteiger partial charge in [-0.25, -0.2) is 0 Å². The van der Waals surface area contributed by atoms with E-state index in [-0.39, 0.29) is 24.8 Å². The number of methoxy groups -OCH3 is 2. The number of ether oxygens (including phenoxy) is 2. The number of nitrogens with one attached hydrogen (secondary N) is 1. The van der Waals surface area contributed by atoms with Crippen LogP contribution in [0.5, 0.6) is 11.5 Å². The average Bonchev–Trinajstić information content (AvgIpc) is 2.50. The molecule has 0 bridgehead atoms. The second kappa shape index (κ2) is 10.6. The normalized spacial score (nSPS) is 16.2. The topological polar surface area (TPSA) is 33.7 Å². The Bertz CT molecular complexity index is 432. The third kappa shape index (κ3) is 4.90. The first-order valence-electron chi connectivity index (χ1n) is 7.07. The molecule has 0 radical (unpaired) electrons. The van der Waals surface area contributed by atoms with E-state index in [2.05, 4.69) is 45.2 Å². The fraction of sp³-hybridized carbons (Fsp3) is 0.600. The summed E-state index contributed by atoms with van der Waals surface area (Å²) in [7, 11) is 3.38. The molecule has 1 aromatic carbocycles. The Morgan fingerprint density at radius 3 is 2.05 bits per heavy atom. The minimum Gasteiger partial charge on any atom is -0.495 e. The Labute approximate surface area is 153 Å². The Morgan fingerprint density at radius 1 is 1.14 bits per heavy atom. The third-order valence-electron chi connectivity index (χ3n) is 3.83. The number of nitrogens with zero attached hydrogens (tertiary/aromatic N) is 1. The van der Waals surface area contributed by atoms with Crippen LogP contribution in [0, 0.1) is 0 Å². The molecule has 1 aliphatic heterocycles. The van der Waals surface area contributed by atoms with Crippen molar-refractivity contribution in [3.63, 3.8) is 0 Å².